The maximum absolute atomic E-state index is 11.8. The maximum atomic E-state index is 11.8. The number of hydrogen-bond acceptors (Lipinski definition) is 2. The summed E-state index contributed by atoms with van der Waals surface area (Å²) < 4.78 is 26.0. The van der Waals surface area contributed by atoms with Gasteiger partial charge in [-0.15, -0.1) is 0 Å². The fraction of sp³-hybridized carbons (Fsp3) is 0.273. The Morgan fingerprint density at radius 2 is 1.93 bits per heavy atom. The van der Waals surface area contributed by atoms with Crippen LogP contribution in [0, 0.1) is 0 Å². The summed E-state index contributed by atoms with van der Waals surface area (Å²) in [5.74, 6) is 0. The van der Waals surface area contributed by atoms with E-state index in [2.05, 4.69) is 4.72 Å². The van der Waals surface area contributed by atoms with E-state index in [4.69, 9.17) is 0 Å². The molecule has 0 aliphatic heterocycles. The van der Waals surface area contributed by atoms with Gasteiger partial charge in [-0.1, -0.05) is 31.2 Å². The van der Waals surface area contributed by atoms with Crippen LogP contribution in [0.5, 0.6) is 0 Å². The zero-order valence-corrected chi connectivity index (χ0v) is 9.71. The Labute approximate surface area is 90.9 Å². The predicted molar refractivity (Wildman–Crippen MR) is 60.8 cm³/mol. The zero-order chi connectivity index (χ0) is 11.3. The van der Waals surface area contributed by atoms with Gasteiger partial charge in [0.05, 0.1) is 4.90 Å². The Bertz CT molecular complexity index is 435. The first kappa shape index (κ1) is 11.8. The molecule has 0 spiro atoms. The second-order valence-electron chi connectivity index (χ2n) is 3.21. The van der Waals surface area contributed by atoms with Gasteiger partial charge in [-0.25, -0.2) is 8.42 Å². The number of benzene rings is 1. The monoisotopic (exact) mass is 225 g/mol. The number of rotatable bonds is 4. The normalized spacial score (nSPS) is 12.5. The summed E-state index contributed by atoms with van der Waals surface area (Å²) in [6.45, 7) is 3.70. The van der Waals surface area contributed by atoms with Crippen molar-refractivity contribution in [1.29, 1.82) is 0 Å². The molecule has 0 bridgehead atoms. The molecule has 0 saturated heterocycles. The molecular weight excluding hydrogens is 210 g/mol. The van der Waals surface area contributed by atoms with E-state index >= 15 is 0 Å². The van der Waals surface area contributed by atoms with E-state index in [1.807, 2.05) is 13.0 Å². The Morgan fingerprint density at radius 3 is 2.47 bits per heavy atom. The molecule has 15 heavy (non-hydrogen) atoms. The SMILES string of the molecule is CC/C=C(\C)NS(=O)(=O)c1ccccc1. The highest BCUT2D eigenvalue weighted by Crippen LogP contribution is 2.08. The van der Waals surface area contributed by atoms with Gasteiger partial charge in [0.1, 0.15) is 0 Å². The van der Waals surface area contributed by atoms with E-state index in [1.165, 1.54) is 0 Å². The van der Waals surface area contributed by atoms with Crippen molar-refractivity contribution in [2.75, 3.05) is 0 Å². The molecule has 3 nitrogen and oxygen atoms in total. The van der Waals surface area contributed by atoms with E-state index < -0.39 is 10.0 Å². The van der Waals surface area contributed by atoms with Crippen molar-refractivity contribution in [3.63, 3.8) is 0 Å². The summed E-state index contributed by atoms with van der Waals surface area (Å²) in [7, 11) is -3.40. The molecule has 1 N–H and O–H groups in total. The van der Waals surface area contributed by atoms with Crippen molar-refractivity contribution in [2.45, 2.75) is 25.2 Å². The van der Waals surface area contributed by atoms with Gasteiger partial charge in [0.25, 0.3) is 10.0 Å². The molecular formula is C11H15NO2S. The van der Waals surface area contributed by atoms with Gasteiger partial charge < -0.3 is 0 Å². The first-order chi connectivity index (χ1) is 7.06. The van der Waals surface area contributed by atoms with E-state index in [0.29, 0.717) is 5.70 Å². The smallest absolute Gasteiger partial charge is 0.261 e. The second-order valence-corrected chi connectivity index (χ2v) is 4.90. The van der Waals surface area contributed by atoms with Gasteiger partial charge in [0, 0.05) is 5.70 Å². The first-order valence-corrected chi connectivity index (χ1v) is 6.29. The van der Waals surface area contributed by atoms with Crippen molar-refractivity contribution in [2.24, 2.45) is 0 Å². The lowest BCUT2D eigenvalue weighted by molar-refractivity contribution is 0.588. The molecule has 0 aromatic heterocycles. The van der Waals surface area contributed by atoms with Crippen LogP contribution < -0.4 is 4.72 Å². The molecule has 4 heteroatoms. The van der Waals surface area contributed by atoms with E-state index in [9.17, 15) is 8.42 Å². The van der Waals surface area contributed by atoms with Crippen LogP contribution in [-0.4, -0.2) is 8.42 Å². The van der Waals surface area contributed by atoms with Gasteiger partial charge in [0.2, 0.25) is 0 Å². The number of hydrogen-bond donors (Lipinski definition) is 1. The van der Waals surface area contributed by atoms with Gasteiger partial charge in [-0.05, 0) is 25.5 Å². The molecule has 0 aliphatic carbocycles. The molecule has 1 aromatic carbocycles. The third-order valence-corrected chi connectivity index (χ3v) is 3.34. The molecule has 0 amide bonds. The third-order valence-electron chi connectivity index (χ3n) is 1.86. The molecule has 0 heterocycles. The Hall–Kier alpha value is -1.29. The van der Waals surface area contributed by atoms with Crippen LogP contribution >= 0.6 is 0 Å². The lowest BCUT2D eigenvalue weighted by Crippen LogP contribution is -2.21. The van der Waals surface area contributed by atoms with Crippen molar-refractivity contribution in [1.82, 2.24) is 4.72 Å². The van der Waals surface area contributed by atoms with Crippen LogP contribution in [0.3, 0.4) is 0 Å². The first-order valence-electron chi connectivity index (χ1n) is 4.81. The van der Waals surface area contributed by atoms with Crippen LogP contribution in [0.15, 0.2) is 47.0 Å². The summed E-state index contributed by atoms with van der Waals surface area (Å²) >= 11 is 0. The van der Waals surface area contributed by atoms with Crippen molar-refractivity contribution < 1.29 is 8.42 Å². The van der Waals surface area contributed by atoms with Crippen molar-refractivity contribution in [3.05, 3.63) is 42.1 Å². The Morgan fingerprint density at radius 1 is 1.33 bits per heavy atom. The molecule has 1 aromatic rings. The van der Waals surface area contributed by atoms with Crippen LogP contribution in [0.4, 0.5) is 0 Å². The van der Waals surface area contributed by atoms with Crippen LogP contribution in [-0.2, 0) is 10.0 Å². The molecule has 0 atom stereocenters. The highest BCUT2D eigenvalue weighted by atomic mass is 32.2. The topological polar surface area (TPSA) is 46.2 Å². The zero-order valence-electron chi connectivity index (χ0n) is 8.90. The Balaban J connectivity index is 2.91. The summed E-state index contributed by atoms with van der Waals surface area (Å²) in [5.41, 5.74) is 0.654. The average Bonchev–Trinajstić information content (AvgIpc) is 2.18. The lowest BCUT2D eigenvalue weighted by atomic mass is 10.4. The quantitative estimate of drug-likeness (QED) is 0.854. The highest BCUT2D eigenvalue weighted by Gasteiger charge is 2.12. The van der Waals surface area contributed by atoms with Gasteiger partial charge in [0.15, 0.2) is 0 Å². The fourth-order valence-corrected chi connectivity index (χ4v) is 2.36. The molecule has 0 radical (unpaired) electrons. The predicted octanol–water partition coefficient (Wildman–Crippen LogP) is 2.28. The minimum absolute atomic E-state index is 0.286. The van der Waals surface area contributed by atoms with Crippen LogP contribution in [0.1, 0.15) is 20.3 Å². The lowest BCUT2D eigenvalue weighted by Gasteiger charge is -2.07. The van der Waals surface area contributed by atoms with Gasteiger partial charge in [-0.2, -0.15) is 0 Å². The van der Waals surface area contributed by atoms with E-state index in [-0.39, 0.29) is 4.90 Å². The molecule has 0 aliphatic rings. The molecule has 1 rings (SSSR count). The summed E-state index contributed by atoms with van der Waals surface area (Å²) in [6, 6.07) is 8.33. The Kier molecular flexibility index (Phi) is 3.91. The average molecular weight is 225 g/mol. The maximum Gasteiger partial charge on any atom is 0.261 e. The minimum atomic E-state index is -3.40. The standard InChI is InChI=1S/C11H15NO2S/c1-3-7-10(2)12-15(13,14)11-8-5-4-6-9-11/h4-9,12H,3H2,1-2H3/b10-7+. The van der Waals surface area contributed by atoms with Crippen molar-refractivity contribution in [3.8, 4) is 0 Å². The fourth-order valence-electron chi connectivity index (χ4n) is 1.22. The number of sulfonamides is 1. The summed E-state index contributed by atoms with van der Waals surface area (Å²) in [5, 5.41) is 0. The van der Waals surface area contributed by atoms with Crippen molar-refractivity contribution >= 4 is 10.0 Å². The molecule has 0 unspecified atom stereocenters. The third kappa shape index (κ3) is 3.40. The number of allylic oxidation sites excluding steroid dienone is 2. The van der Waals surface area contributed by atoms with Gasteiger partial charge >= 0.3 is 0 Å². The number of nitrogens with one attached hydrogen (secondary N) is 1. The minimum Gasteiger partial charge on any atom is -0.284 e. The van der Waals surface area contributed by atoms with Gasteiger partial charge in [-0.3, -0.25) is 4.72 Å². The summed E-state index contributed by atoms with van der Waals surface area (Å²) in [4.78, 5) is 0.286. The highest BCUT2D eigenvalue weighted by molar-refractivity contribution is 7.89. The van der Waals surface area contributed by atoms with Crippen LogP contribution in [0.25, 0.3) is 0 Å². The summed E-state index contributed by atoms with van der Waals surface area (Å²) in [6.07, 6.45) is 2.64. The van der Waals surface area contributed by atoms with Crippen LogP contribution in [0.2, 0.25) is 0 Å². The van der Waals surface area contributed by atoms with E-state index in [0.717, 1.165) is 6.42 Å². The molecule has 0 saturated carbocycles. The molecule has 82 valence electrons. The largest absolute Gasteiger partial charge is 0.284 e. The molecule has 0 fully saturated rings. The van der Waals surface area contributed by atoms with E-state index in [1.54, 1.807) is 37.3 Å². The second kappa shape index (κ2) is 4.98.